The first-order chi connectivity index (χ1) is 13.2. The van der Waals surface area contributed by atoms with Gasteiger partial charge in [0.25, 0.3) is 5.91 Å². The number of aromatic nitrogens is 4. The number of rotatable bonds is 5. The van der Waals surface area contributed by atoms with Crippen LogP contribution in [-0.2, 0) is 6.54 Å². The third-order valence-corrected chi connectivity index (χ3v) is 4.30. The van der Waals surface area contributed by atoms with E-state index in [9.17, 15) is 4.79 Å². The van der Waals surface area contributed by atoms with Gasteiger partial charge in [-0.25, -0.2) is 0 Å². The quantitative estimate of drug-likeness (QED) is 0.546. The Balaban J connectivity index is 1.47. The van der Waals surface area contributed by atoms with Gasteiger partial charge in [-0.15, -0.1) is 0 Å². The fraction of sp³-hybridized carbons (Fsp3) is 0.0500. The van der Waals surface area contributed by atoms with Gasteiger partial charge in [0, 0.05) is 28.7 Å². The molecule has 2 aromatic carbocycles. The molecule has 7 heteroatoms. The average Bonchev–Trinajstić information content (AvgIpc) is 3.35. The highest BCUT2D eigenvalue weighted by Crippen LogP contribution is 2.21. The summed E-state index contributed by atoms with van der Waals surface area (Å²) >= 11 is 5.90. The van der Waals surface area contributed by atoms with E-state index in [1.54, 1.807) is 24.4 Å². The highest BCUT2D eigenvalue weighted by atomic mass is 35.5. The topological polar surface area (TPSA) is 75.6 Å². The summed E-state index contributed by atoms with van der Waals surface area (Å²) in [4.78, 5) is 12.5. The minimum absolute atomic E-state index is 0.251. The van der Waals surface area contributed by atoms with Crippen molar-refractivity contribution in [2.45, 2.75) is 6.54 Å². The van der Waals surface area contributed by atoms with Gasteiger partial charge >= 0.3 is 0 Å². The molecule has 27 heavy (non-hydrogen) atoms. The standard InChI is InChI=1S/C20H16ClN5O/c21-16-7-5-15(6-8-16)18-12-19(25-24-18)20(27)23-17-4-1-3-14(11-17)13-26-10-2-9-22-26/h1-12H,13H2,(H,23,27)(H,24,25). The lowest BCUT2D eigenvalue weighted by Crippen LogP contribution is -2.12. The van der Waals surface area contributed by atoms with Crippen LogP contribution in [0.15, 0.2) is 73.1 Å². The molecule has 0 saturated heterocycles. The monoisotopic (exact) mass is 377 g/mol. The highest BCUT2D eigenvalue weighted by Gasteiger charge is 2.11. The third kappa shape index (κ3) is 4.07. The SMILES string of the molecule is O=C(Nc1cccc(Cn2cccn2)c1)c1cc(-c2ccc(Cl)cc2)n[nH]1. The summed E-state index contributed by atoms with van der Waals surface area (Å²) in [6.07, 6.45) is 3.64. The van der Waals surface area contributed by atoms with E-state index >= 15 is 0 Å². The van der Waals surface area contributed by atoms with Gasteiger partial charge in [0.05, 0.1) is 12.2 Å². The number of anilines is 1. The first-order valence-corrected chi connectivity index (χ1v) is 8.74. The van der Waals surface area contributed by atoms with Gasteiger partial charge < -0.3 is 5.32 Å². The molecule has 0 spiro atoms. The zero-order valence-corrected chi connectivity index (χ0v) is 15.0. The van der Waals surface area contributed by atoms with Gasteiger partial charge in [0.1, 0.15) is 5.69 Å². The van der Waals surface area contributed by atoms with Gasteiger partial charge in [-0.05, 0) is 42.0 Å². The van der Waals surface area contributed by atoms with Crippen LogP contribution in [0.5, 0.6) is 0 Å². The summed E-state index contributed by atoms with van der Waals surface area (Å²) in [6, 6.07) is 18.6. The predicted octanol–water partition coefficient (Wildman–Crippen LogP) is 4.23. The lowest BCUT2D eigenvalue weighted by molar-refractivity contribution is 0.102. The van der Waals surface area contributed by atoms with Gasteiger partial charge in [0.15, 0.2) is 0 Å². The van der Waals surface area contributed by atoms with E-state index in [1.165, 1.54) is 0 Å². The number of nitrogens with zero attached hydrogens (tertiary/aromatic N) is 3. The molecule has 4 rings (SSSR count). The Kier molecular flexibility index (Phi) is 4.72. The maximum Gasteiger partial charge on any atom is 0.273 e. The zero-order valence-electron chi connectivity index (χ0n) is 14.3. The van der Waals surface area contributed by atoms with Crippen molar-refractivity contribution in [1.29, 1.82) is 0 Å². The Labute approximate surface area is 160 Å². The molecule has 2 aromatic heterocycles. The second kappa shape index (κ2) is 7.47. The van der Waals surface area contributed by atoms with Crippen LogP contribution in [-0.4, -0.2) is 25.9 Å². The number of carbonyl (C=O) groups excluding carboxylic acids is 1. The summed E-state index contributed by atoms with van der Waals surface area (Å²) < 4.78 is 1.83. The Morgan fingerprint density at radius 2 is 1.96 bits per heavy atom. The first-order valence-electron chi connectivity index (χ1n) is 8.36. The van der Waals surface area contributed by atoms with Crippen LogP contribution < -0.4 is 5.32 Å². The van der Waals surface area contributed by atoms with Crippen molar-refractivity contribution in [3.63, 3.8) is 0 Å². The van der Waals surface area contributed by atoms with Crippen molar-refractivity contribution in [1.82, 2.24) is 20.0 Å². The highest BCUT2D eigenvalue weighted by molar-refractivity contribution is 6.30. The number of carbonyl (C=O) groups is 1. The minimum atomic E-state index is -0.251. The van der Waals surface area contributed by atoms with Crippen LogP contribution in [0, 0.1) is 0 Å². The molecule has 0 unspecified atom stereocenters. The van der Waals surface area contributed by atoms with Crippen LogP contribution in [0.3, 0.4) is 0 Å². The molecule has 0 bridgehead atoms. The molecular weight excluding hydrogens is 362 g/mol. The number of amides is 1. The molecule has 0 radical (unpaired) electrons. The first kappa shape index (κ1) is 17.1. The van der Waals surface area contributed by atoms with Crippen LogP contribution in [0.4, 0.5) is 5.69 Å². The Bertz CT molecular complexity index is 1050. The third-order valence-electron chi connectivity index (χ3n) is 4.05. The molecule has 6 nitrogen and oxygen atoms in total. The van der Waals surface area contributed by atoms with Crippen molar-refractivity contribution in [3.8, 4) is 11.3 Å². The predicted molar refractivity (Wildman–Crippen MR) is 105 cm³/mol. The van der Waals surface area contributed by atoms with Crippen LogP contribution in [0.2, 0.25) is 5.02 Å². The molecule has 0 aliphatic rings. The van der Waals surface area contributed by atoms with Crippen molar-refractivity contribution in [2.75, 3.05) is 5.32 Å². The van der Waals surface area contributed by atoms with Gasteiger partial charge in [0.2, 0.25) is 0 Å². The second-order valence-electron chi connectivity index (χ2n) is 6.03. The summed E-state index contributed by atoms with van der Waals surface area (Å²) in [5.74, 6) is -0.251. The molecule has 0 fully saturated rings. The molecule has 134 valence electrons. The number of H-pyrrole nitrogens is 1. The molecular formula is C20H16ClN5O. The van der Waals surface area contributed by atoms with Crippen molar-refractivity contribution < 1.29 is 4.79 Å². The molecule has 2 N–H and O–H groups in total. The van der Waals surface area contributed by atoms with E-state index < -0.39 is 0 Å². The van der Waals surface area contributed by atoms with E-state index in [-0.39, 0.29) is 5.91 Å². The molecule has 0 aliphatic carbocycles. The molecule has 0 saturated carbocycles. The van der Waals surface area contributed by atoms with E-state index in [2.05, 4.69) is 20.6 Å². The summed E-state index contributed by atoms with van der Waals surface area (Å²) in [7, 11) is 0. The lowest BCUT2D eigenvalue weighted by atomic mass is 10.1. The maximum absolute atomic E-state index is 12.5. The Morgan fingerprint density at radius 3 is 2.74 bits per heavy atom. The van der Waals surface area contributed by atoms with Crippen LogP contribution in [0.25, 0.3) is 11.3 Å². The largest absolute Gasteiger partial charge is 0.321 e. The van der Waals surface area contributed by atoms with E-state index in [4.69, 9.17) is 11.6 Å². The van der Waals surface area contributed by atoms with E-state index in [1.807, 2.05) is 53.3 Å². The van der Waals surface area contributed by atoms with Crippen molar-refractivity contribution in [2.24, 2.45) is 0 Å². The second-order valence-corrected chi connectivity index (χ2v) is 6.47. The van der Waals surface area contributed by atoms with E-state index in [0.717, 1.165) is 11.1 Å². The number of hydrogen-bond acceptors (Lipinski definition) is 3. The minimum Gasteiger partial charge on any atom is -0.321 e. The fourth-order valence-corrected chi connectivity index (χ4v) is 2.86. The van der Waals surface area contributed by atoms with Crippen LogP contribution in [0.1, 0.15) is 16.1 Å². The summed E-state index contributed by atoms with van der Waals surface area (Å²) in [6.45, 7) is 0.640. The fourth-order valence-electron chi connectivity index (χ4n) is 2.73. The smallest absolute Gasteiger partial charge is 0.273 e. The van der Waals surface area contributed by atoms with Crippen molar-refractivity contribution in [3.05, 3.63) is 89.3 Å². The number of halogens is 1. The van der Waals surface area contributed by atoms with E-state index in [0.29, 0.717) is 28.6 Å². The molecule has 0 aliphatic heterocycles. The Hall–Kier alpha value is -3.38. The zero-order chi connectivity index (χ0) is 18.6. The summed E-state index contributed by atoms with van der Waals surface area (Å²) in [5, 5.41) is 14.7. The normalized spacial score (nSPS) is 10.7. The molecule has 4 aromatic rings. The lowest BCUT2D eigenvalue weighted by Gasteiger charge is -2.07. The summed E-state index contributed by atoms with van der Waals surface area (Å²) in [5.41, 5.74) is 3.72. The molecule has 1 amide bonds. The van der Waals surface area contributed by atoms with Crippen molar-refractivity contribution >= 4 is 23.2 Å². The van der Waals surface area contributed by atoms with Gasteiger partial charge in [-0.2, -0.15) is 10.2 Å². The number of aromatic amines is 1. The van der Waals surface area contributed by atoms with Crippen LogP contribution >= 0.6 is 11.6 Å². The number of nitrogens with one attached hydrogen (secondary N) is 2. The Morgan fingerprint density at radius 1 is 1.11 bits per heavy atom. The number of benzene rings is 2. The number of hydrogen-bond donors (Lipinski definition) is 2. The molecule has 2 heterocycles. The molecule has 0 atom stereocenters. The van der Waals surface area contributed by atoms with Gasteiger partial charge in [-0.1, -0.05) is 35.9 Å². The average molecular weight is 378 g/mol. The van der Waals surface area contributed by atoms with Gasteiger partial charge in [-0.3, -0.25) is 14.6 Å². The maximum atomic E-state index is 12.5.